The third-order valence-electron chi connectivity index (χ3n) is 5.85. The molecule has 1 amide bonds. The summed E-state index contributed by atoms with van der Waals surface area (Å²) < 4.78 is 0. The number of carbonyl (C=O) groups excluding carboxylic acids is 1. The number of hydrogen-bond acceptors (Lipinski definition) is 2. The maximum Gasteiger partial charge on any atom is 0.230 e. The Kier molecular flexibility index (Phi) is 3.26. The van der Waals surface area contributed by atoms with E-state index in [2.05, 4.69) is 12.1 Å². The molecule has 2 N–H and O–H groups in total. The van der Waals surface area contributed by atoms with Crippen LogP contribution in [-0.4, -0.2) is 12.5 Å². The molecule has 2 bridgehead atoms. The van der Waals surface area contributed by atoms with Gasteiger partial charge >= 0.3 is 0 Å². The highest BCUT2D eigenvalue weighted by Crippen LogP contribution is 2.49. The largest absolute Gasteiger partial charge is 0.324 e. The molecule has 0 radical (unpaired) electrons. The average Bonchev–Trinajstić information content (AvgIpc) is 3.09. The van der Waals surface area contributed by atoms with Gasteiger partial charge in [-0.25, -0.2) is 0 Å². The van der Waals surface area contributed by atoms with Crippen molar-refractivity contribution in [2.45, 2.75) is 44.6 Å². The summed E-state index contributed by atoms with van der Waals surface area (Å²) in [5.74, 6) is 2.09. The average molecular weight is 284 g/mol. The van der Waals surface area contributed by atoms with Gasteiger partial charge in [0.05, 0.1) is 0 Å². The fourth-order valence-corrected chi connectivity index (χ4v) is 4.77. The molecule has 4 rings (SSSR count). The Hall–Kier alpha value is -1.35. The molecule has 21 heavy (non-hydrogen) atoms. The van der Waals surface area contributed by atoms with Crippen LogP contribution in [0.15, 0.2) is 24.3 Å². The van der Waals surface area contributed by atoms with Crippen molar-refractivity contribution in [1.82, 2.24) is 0 Å². The van der Waals surface area contributed by atoms with Crippen LogP contribution >= 0.6 is 0 Å². The van der Waals surface area contributed by atoms with Crippen LogP contribution < -0.4 is 10.6 Å². The summed E-state index contributed by atoms with van der Waals surface area (Å²) in [7, 11) is 0. The Morgan fingerprint density at radius 3 is 2.76 bits per heavy atom. The second-order valence-corrected chi connectivity index (χ2v) is 7.08. The lowest BCUT2D eigenvalue weighted by molar-refractivity contribution is -0.123. The SMILES string of the molecule is NC1CCCN(C(=O)C2CC3CCC2C3)c2ccccc21. The first-order chi connectivity index (χ1) is 10.2. The van der Waals surface area contributed by atoms with Crippen LogP contribution in [0, 0.1) is 17.8 Å². The van der Waals surface area contributed by atoms with E-state index in [0.29, 0.717) is 11.8 Å². The number of fused-ring (bicyclic) bond motifs is 3. The number of hydrogen-bond donors (Lipinski definition) is 1. The van der Waals surface area contributed by atoms with Crippen molar-refractivity contribution in [3.63, 3.8) is 0 Å². The highest BCUT2D eigenvalue weighted by atomic mass is 16.2. The number of anilines is 1. The first-order valence-corrected chi connectivity index (χ1v) is 8.40. The molecule has 3 nitrogen and oxygen atoms in total. The molecule has 1 aromatic carbocycles. The molecule has 3 heteroatoms. The van der Waals surface area contributed by atoms with E-state index in [1.807, 2.05) is 17.0 Å². The Morgan fingerprint density at radius 1 is 1.14 bits per heavy atom. The number of para-hydroxylation sites is 1. The quantitative estimate of drug-likeness (QED) is 0.860. The molecule has 112 valence electrons. The third-order valence-corrected chi connectivity index (χ3v) is 5.85. The minimum absolute atomic E-state index is 0.0685. The Labute approximate surface area is 126 Å². The highest BCUT2D eigenvalue weighted by molar-refractivity contribution is 5.96. The van der Waals surface area contributed by atoms with Gasteiger partial charge in [-0.05, 0) is 55.6 Å². The molecule has 1 aromatic rings. The molecule has 2 aliphatic carbocycles. The van der Waals surface area contributed by atoms with Gasteiger partial charge in [-0.1, -0.05) is 24.6 Å². The molecule has 0 spiro atoms. The van der Waals surface area contributed by atoms with Crippen molar-refractivity contribution in [1.29, 1.82) is 0 Å². The third kappa shape index (κ3) is 2.18. The Balaban J connectivity index is 1.65. The minimum atomic E-state index is 0.0685. The number of benzene rings is 1. The maximum atomic E-state index is 13.1. The number of nitrogens with two attached hydrogens (primary N) is 1. The summed E-state index contributed by atoms with van der Waals surface area (Å²) >= 11 is 0. The monoisotopic (exact) mass is 284 g/mol. The zero-order chi connectivity index (χ0) is 14.4. The van der Waals surface area contributed by atoms with Gasteiger partial charge in [-0.3, -0.25) is 4.79 Å². The van der Waals surface area contributed by atoms with Crippen LogP contribution in [-0.2, 0) is 4.79 Å². The van der Waals surface area contributed by atoms with Gasteiger partial charge < -0.3 is 10.6 Å². The lowest BCUT2D eigenvalue weighted by Crippen LogP contribution is -2.39. The topological polar surface area (TPSA) is 46.3 Å². The number of amides is 1. The first-order valence-electron chi connectivity index (χ1n) is 8.40. The first kappa shape index (κ1) is 13.3. The van der Waals surface area contributed by atoms with Crippen molar-refractivity contribution < 1.29 is 4.79 Å². The molecular formula is C18H24N2O. The summed E-state index contributed by atoms with van der Waals surface area (Å²) in [5, 5.41) is 0. The minimum Gasteiger partial charge on any atom is -0.324 e. The summed E-state index contributed by atoms with van der Waals surface area (Å²) in [4.78, 5) is 15.1. The van der Waals surface area contributed by atoms with E-state index in [4.69, 9.17) is 5.73 Å². The second-order valence-electron chi connectivity index (χ2n) is 7.08. The van der Waals surface area contributed by atoms with Gasteiger partial charge in [0, 0.05) is 24.2 Å². The molecule has 0 aromatic heterocycles. The van der Waals surface area contributed by atoms with Gasteiger partial charge in [-0.15, -0.1) is 0 Å². The normalized spacial score (nSPS) is 34.6. The van der Waals surface area contributed by atoms with Crippen LogP contribution in [0.25, 0.3) is 0 Å². The molecule has 2 saturated carbocycles. The van der Waals surface area contributed by atoms with Gasteiger partial charge in [-0.2, -0.15) is 0 Å². The van der Waals surface area contributed by atoms with Crippen LogP contribution in [0.2, 0.25) is 0 Å². The fourth-order valence-electron chi connectivity index (χ4n) is 4.77. The number of carbonyl (C=O) groups is 1. The van der Waals surface area contributed by atoms with E-state index in [-0.39, 0.29) is 12.0 Å². The zero-order valence-corrected chi connectivity index (χ0v) is 12.5. The second kappa shape index (κ2) is 5.13. The van der Waals surface area contributed by atoms with Crippen LogP contribution in [0.3, 0.4) is 0 Å². The van der Waals surface area contributed by atoms with E-state index in [1.165, 1.54) is 19.3 Å². The van der Waals surface area contributed by atoms with Crippen molar-refractivity contribution in [3.05, 3.63) is 29.8 Å². The lowest BCUT2D eigenvalue weighted by Gasteiger charge is -2.30. The van der Waals surface area contributed by atoms with E-state index >= 15 is 0 Å². The molecule has 0 saturated heterocycles. The van der Waals surface area contributed by atoms with Crippen LogP contribution in [0.1, 0.15) is 50.1 Å². The Morgan fingerprint density at radius 2 is 2.00 bits per heavy atom. The van der Waals surface area contributed by atoms with Gasteiger partial charge in [0.1, 0.15) is 0 Å². The molecular weight excluding hydrogens is 260 g/mol. The summed E-state index contributed by atoms with van der Waals surface area (Å²) in [5.41, 5.74) is 8.49. The highest BCUT2D eigenvalue weighted by Gasteiger charge is 2.45. The number of rotatable bonds is 1. The van der Waals surface area contributed by atoms with E-state index < -0.39 is 0 Å². The summed E-state index contributed by atoms with van der Waals surface area (Å²) in [6.07, 6.45) is 6.98. The predicted octanol–water partition coefficient (Wildman–Crippen LogP) is 3.25. The van der Waals surface area contributed by atoms with E-state index in [1.54, 1.807) is 0 Å². The van der Waals surface area contributed by atoms with Gasteiger partial charge in [0.15, 0.2) is 0 Å². The molecule has 3 aliphatic rings. The van der Waals surface area contributed by atoms with Crippen LogP contribution in [0.4, 0.5) is 5.69 Å². The van der Waals surface area contributed by atoms with Crippen molar-refractivity contribution >= 4 is 11.6 Å². The molecule has 1 aliphatic heterocycles. The standard InChI is InChI=1S/C18H24N2O/c19-16-5-3-9-20(17-6-2-1-4-14(16)17)18(21)15-11-12-7-8-13(15)10-12/h1-2,4,6,12-13,15-16H,3,5,7-11,19H2. The summed E-state index contributed by atoms with van der Waals surface area (Å²) in [6.45, 7) is 0.831. The smallest absolute Gasteiger partial charge is 0.230 e. The summed E-state index contributed by atoms with van der Waals surface area (Å²) in [6, 6.07) is 8.29. The van der Waals surface area contributed by atoms with Crippen molar-refractivity contribution in [2.24, 2.45) is 23.5 Å². The number of nitrogens with zero attached hydrogens (tertiary/aromatic N) is 1. The van der Waals surface area contributed by atoms with Gasteiger partial charge in [0.2, 0.25) is 5.91 Å². The molecule has 4 unspecified atom stereocenters. The van der Waals surface area contributed by atoms with Gasteiger partial charge in [0.25, 0.3) is 0 Å². The van der Waals surface area contributed by atoms with E-state index in [9.17, 15) is 4.79 Å². The van der Waals surface area contributed by atoms with Crippen molar-refractivity contribution in [3.8, 4) is 0 Å². The Bertz CT molecular complexity index is 556. The molecule has 2 fully saturated rings. The van der Waals surface area contributed by atoms with Crippen LogP contribution in [0.5, 0.6) is 0 Å². The van der Waals surface area contributed by atoms with Crippen molar-refractivity contribution in [2.75, 3.05) is 11.4 Å². The lowest BCUT2D eigenvalue weighted by atomic mass is 9.87. The maximum absolute atomic E-state index is 13.1. The fraction of sp³-hybridized carbons (Fsp3) is 0.611. The zero-order valence-electron chi connectivity index (χ0n) is 12.5. The molecule has 4 atom stereocenters. The predicted molar refractivity (Wildman–Crippen MR) is 83.9 cm³/mol. The van der Waals surface area contributed by atoms with E-state index in [0.717, 1.165) is 43.0 Å². The molecule has 1 heterocycles.